The number of hydrogen-bond donors (Lipinski definition) is 4. The SMILES string of the molecule is NC(=O)c1nc(NS(=O)O)c2cccnc2c1O. The van der Waals surface area contributed by atoms with Crippen LogP contribution >= 0.6 is 0 Å². The number of carbonyl (C=O) groups excluding carboxylic acids is 1. The Morgan fingerprint density at radius 2 is 2.22 bits per heavy atom. The maximum absolute atomic E-state index is 11.1. The van der Waals surface area contributed by atoms with Crippen molar-refractivity contribution in [1.82, 2.24) is 9.97 Å². The standard InChI is InChI=1S/C9H8N4O4S/c10-8(15)6-7(14)5-4(2-1-3-11-5)9(12-6)13-18(16)17/h1-3,14H,(H2,10,15)(H,12,13)(H,16,17). The fourth-order valence-corrected chi connectivity index (χ4v) is 1.78. The Morgan fingerprint density at radius 1 is 1.50 bits per heavy atom. The fraction of sp³-hybridized carbons (Fsp3) is 0. The second kappa shape index (κ2) is 4.55. The van der Waals surface area contributed by atoms with Crippen LogP contribution < -0.4 is 10.5 Å². The largest absolute Gasteiger partial charge is 0.504 e. The summed E-state index contributed by atoms with van der Waals surface area (Å²) >= 11 is -2.37. The Labute approximate surface area is 103 Å². The molecule has 0 saturated heterocycles. The van der Waals surface area contributed by atoms with Gasteiger partial charge in [-0.05, 0) is 12.1 Å². The van der Waals surface area contributed by atoms with Crippen molar-refractivity contribution < 1.29 is 18.7 Å². The van der Waals surface area contributed by atoms with Crippen molar-refractivity contribution in [3.8, 4) is 5.75 Å². The highest BCUT2D eigenvalue weighted by Gasteiger charge is 2.18. The summed E-state index contributed by atoms with van der Waals surface area (Å²) in [5, 5.41) is 10.1. The van der Waals surface area contributed by atoms with E-state index < -0.39 is 28.6 Å². The van der Waals surface area contributed by atoms with Crippen LogP contribution in [-0.2, 0) is 11.3 Å². The van der Waals surface area contributed by atoms with E-state index in [0.717, 1.165) is 0 Å². The van der Waals surface area contributed by atoms with Gasteiger partial charge in [0.05, 0.1) is 0 Å². The number of rotatable bonds is 3. The Balaban J connectivity index is 2.79. The van der Waals surface area contributed by atoms with Crippen LogP contribution in [0.3, 0.4) is 0 Å². The molecule has 18 heavy (non-hydrogen) atoms. The molecule has 1 unspecified atom stereocenters. The van der Waals surface area contributed by atoms with Gasteiger partial charge in [-0.3, -0.25) is 19.1 Å². The Bertz CT molecular complexity index is 660. The van der Waals surface area contributed by atoms with Crippen molar-refractivity contribution in [2.45, 2.75) is 0 Å². The number of aromatic hydroxyl groups is 1. The molecule has 2 aromatic rings. The molecule has 0 saturated carbocycles. The molecule has 2 aromatic heterocycles. The summed E-state index contributed by atoms with van der Waals surface area (Å²) in [6.07, 6.45) is 1.40. The molecule has 0 aromatic carbocycles. The lowest BCUT2D eigenvalue weighted by Gasteiger charge is -2.09. The molecule has 0 aliphatic rings. The van der Waals surface area contributed by atoms with Gasteiger partial charge in [0.1, 0.15) is 11.3 Å². The lowest BCUT2D eigenvalue weighted by atomic mass is 10.2. The molecule has 5 N–H and O–H groups in total. The molecule has 0 spiro atoms. The van der Waals surface area contributed by atoms with Crippen molar-refractivity contribution in [2.75, 3.05) is 4.72 Å². The van der Waals surface area contributed by atoms with Crippen LogP contribution in [0, 0.1) is 0 Å². The monoisotopic (exact) mass is 268 g/mol. The van der Waals surface area contributed by atoms with E-state index >= 15 is 0 Å². The lowest BCUT2D eigenvalue weighted by molar-refractivity contribution is 0.0993. The summed E-state index contributed by atoms with van der Waals surface area (Å²) in [7, 11) is 0. The van der Waals surface area contributed by atoms with Crippen LogP contribution in [0.25, 0.3) is 10.9 Å². The third kappa shape index (κ3) is 2.08. The number of nitrogens with zero attached hydrogens (tertiary/aromatic N) is 2. The van der Waals surface area contributed by atoms with Gasteiger partial charge in [0, 0.05) is 11.6 Å². The van der Waals surface area contributed by atoms with E-state index in [1.165, 1.54) is 12.3 Å². The van der Waals surface area contributed by atoms with Crippen LogP contribution in [0.15, 0.2) is 18.3 Å². The zero-order chi connectivity index (χ0) is 13.3. The average Bonchev–Trinajstić information content (AvgIpc) is 2.32. The summed E-state index contributed by atoms with van der Waals surface area (Å²) in [6.45, 7) is 0. The number of fused-ring (bicyclic) bond motifs is 1. The highest BCUT2D eigenvalue weighted by molar-refractivity contribution is 7.80. The molecule has 0 aliphatic heterocycles. The highest BCUT2D eigenvalue weighted by Crippen LogP contribution is 2.30. The van der Waals surface area contributed by atoms with E-state index in [0.29, 0.717) is 5.39 Å². The Hall–Kier alpha value is -2.26. The third-order valence-electron chi connectivity index (χ3n) is 2.15. The first-order valence-corrected chi connectivity index (χ1v) is 5.76. The van der Waals surface area contributed by atoms with Crippen LogP contribution in [0.5, 0.6) is 5.75 Å². The van der Waals surface area contributed by atoms with E-state index in [9.17, 15) is 14.1 Å². The summed E-state index contributed by atoms with van der Waals surface area (Å²) in [6, 6.07) is 3.08. The Kier molecular flexibility index (Phi) is 3.08. The minimum Gasteiger partial charge on any atom is -0.504 e. The van der Waals surface area contributed by atoms with Gasteiger partial charge in [-0.25, -0.2) is 9.19 Å². The summed E-state index contributed by atoms with van der Waals surface area (Å²) < 4.78 is 21.7. The van der Waals surface area contributed by atoms with E-state index in [1.54, 1.807) is 6.07 Å². The molecule has 0 radical (unpaired) electrons. The van der Waals surface area contributed by atoms with Gasteiger partial charge in [-0.1, -0.05) is 0 Å². The molecule has 0 bridgehead atoms. The number of hydrogen-bond acceptors (Lipinski definition) is 5. The fourth-order valence-electron chi connectivity index (χ4n) is 1.45. The first-order chi connectivity index (χ1) is 8.50. The maximum Gasteiger partial charge on any atom is 0.271 e. The van der Waals surface area contributed by atoms with E-state index in [1.807, 2.05) is 0 Å². The predicted molar refractivity (Wildman–Crippen MR) is 64.1 cm³/mol. The van der Waals surface area contributed by atoms with Crippen molar-refractivity contribution >= 4 is 33.9 Å². The Morgan fingerprint density at radius 3 is 2.83 bits per heavy atom. The number of primary amides is 1. The molecule has 1 amide bonds. The number of nitrogens with two attached hydrogens (primary N) is 1. The molecular weight excluding hydrogens is 260 g/mol. The topological polar surface area (TPSA) is 138 Å². The molecular formula is C9H8N4O4S. The van der Waals surface area contributed by atoms with Crippen molar-refractivity contribution in [3.63, 3.8) is 0 Å². The molecule has 2 heterocycles. The second-order valence-corrected chi connectivity index (χ2v) is 3.98. The first kappa shape index (κ1) is 12.2. The quantitative estimate of drug-likeness (QED) is 0.577. The minimum absolute atomic E-state index is 0.0641. The van der Waals surface area contributed by atoms with Crippen LogP contribution in [0.1, 0.15) is 10.5 Å². The summed E-state index contributed by atoms with van der Waals surface area (Å²) in [5.41, 5.74) is 4.69. The molecule has 94 valence electrons. The van der Waals surface area contributed by atoms with Gasteiger partial charge < -0.3 is 10.8 Å². The van der Waals surface area contributed by atoms with Gasteiger partial charge in [-0.15, -0.1) is 0 Å². The molecule has 9 heteroatoms. The zero-order valence-corrected chi connectivity index (χ0v) is 9.64. The van der Waals surface area contributed by atoms with Gasteiger partial charge in [-0.2, -0.15) is 0 Å². The normalized spacial score (nSPS) is 12.3. The van der Waals surface area contributed by atoms with Crippen LogP contribution in [-0.4, -0.2) is 29.7 Å². The van der Waals surface area contributed by atoms with Crippen molar-refractivity contribution in [1.29, 1.82) is 0 Å². The van der Waals surface area contributed by atoms with Gasteiger partial charge in [0.2, 0.25) is 0 Å². The van der Waals surface area contributed by atoms with Gasteiger partial charge in [0.15, 0.2) is 11.4 Å². The predicted octanol–water partition coefficient (Wildman–Crippen LogP) is -0.0171. The average molecular weight is 268 g/mol. The van der Waals surface area contributed by atoms with E-state index in [-0.39, 0.29) is 11.3 Å². The molecule has 2 rings (SSSR count). The van der Waals surface area contributed by atoms with E-state index in [4.69, 9.17) is 10.3 Å². The molecule has 1 atom stereocenters. The van der Waals surface area contributed by atoms with Gasteiger partial charge >= 0.3 is 0 Å². The summed E-state index contributed by atoms with van der Waals surface area (Å²) in [5.74, 6) is -1.50. The zero-order valence-electron chi connectivity index (χ0n) is 8.82. The smallest absolute Gasteiger partial charge is 0.271 e. The number of pyridine rings is 2. The number of amides is 1. The van der Waals surface area contributed by atoms with Crippen molar-refractivity contribution in [3.05, 3.63) is 24.0 Å². The number of anilines is 1. The summed E-state index contributed by atoms with van der Waals surface area (Å²) in [4.78, 5) is 18.7. The van der Waals surface area contributed by atoms with Gasteiger partial charge in [0.25, 0.3) is 17.2 Å². The second-order valence-electron chi connectivity index (χ2n) is 3.27. The number of carbonyl (C=O) groups is 1. The third-order valence-corrected chi connectivity index (χ3v) is 2.52. The number of nitrogens with one attached hydrogen (secondary N) is 1. The lowest BCUT2D eigenvalue weighted by Crippen LogP contribution is -2.15. The highest BCUT2D eigenvalue weighted by atomic mass is 32.2. The number of aromatic nitrogens is 2. The minimum atomic E-state index is -2.37. The van der Waals surface area contributed by atoms with Crippen LogP contribution in [0.4, 0.5) is 5.82 Å². The van der Waals surface area contributed by atoms with Crippen molar-refractivity contribution in [2.24, 2.45) is 5.73 Å². The molecule has 0 aliphatic carbocycles. The first-order valence-electron chi connectivity index (χ1n) is 4.65. The molecule has 8 nitrogen and oxygen atoms in total. The van der Waals surface area contributed by atoms with Crippen LogP contribution in [0.2, 0.25) is 0 Å². The molecule has 0 fully saturated rings. The maximum atomic E-state index is 11.1. The van der Waals surface area contributed by atoms with E-state index in [2.05, 4.69) is 14.7 Å².